The lowest BCUT2D eigenvalue weighted by molar-refractivity contribution is -0.136. The Morgan fingerprint density at radius 2 is 2.03 bits per heavy atom. The van der Waals surface area contributed by atoms with Crippen molar-refractivity contribution in [3.8, 4) is 11.9 Å². The Kier molecular flexibility index (Phi) is 7.82. The minimum atomic E-state index is -4.18. The zero-order valence-electron chi connectivity index (χ0n) is 17.1. The van der Waals surface area contributed by atoms with Gasteiger partial charge in [-0.1, -0.05) is 0 Å². The number of aromatic nitrogens is 1. The molecule has 11 heteroatoms. The molecule has 168 valence electrons. The van der Waals surface area contributed by atoms with Gasteiger partial charge >= 0.3 is 6.18 Å². The lowest BCUT2D eigenvalue weighted by atomic mass is 10.2. The van der Waals surface area contributed by atoms with Gasteiger partial charge in [-0.25, -0.2) is 4.98 Å². The van der Waals surface area contributed by atoms with Gasteiger partial charge in [0.1, 0.15) is 10.1 Å². The van der Waals surface area contributed by atoms with Crippen LogP contribution in [0.15, 0.2) is 51.8 Å². The van der Waals surface area contributed by atoms with E-state index < -0.39 is 12.6 Å². The Morgan fingerprint density at radius 3 is 2.69 bits per heavy atom. The molecule has 2 aromatic carbocycles. The number of hydrogen-bond donors (Lipinski definition) is 2. The molecule has 0 unspecified atom stereocenters. The number of benzene rings is 2. The van der Waals surface area contributed by atoms with Crippen molar-refractivity contribution < 1.29 is 17.9 Å². The standard InChI is InChI=1S/C21H20F3N5OS2/c1-2-29(15-6-9-17-18(12-15)32-20(31)28-17)19(26-13-25)27-14-4-7-16(8-5-14)30-11-3-10-21(22,23)24/h4-9,12H,2-3,10-11H2,1H3,(H,26,27)(H,28,31). The van der Waals surface area contributed by atoms with Gasteiger partial charge in [0.2, 0.25) is 12.2 Å². The number of nitriles is 1. The smallest absolute Gasteiger partial charge is 0.389 e. The number of hydrogen-bond acceptors (Lipinski definition) is 6. The Morgan fingerprint density at radius 1 is 1.28 bits per heavy atom. The zero-order chi connectivity index (χ0) is 23.1. The zero-order valence-corrected chi connectivity index (χ0v) is 18.8. The minimum Gasteiger partial charge on any atom is -0.494 e. The number of aliphatic imine (C=N–C) groups is 1. The van der Waals surface area contributed by atoms with Crippen molar-refractivity contribution in [1.29, 1.82) is 5.26 Å². The monoisotopic (exact) mass is 479 g/mol. The van der Waals surface area contributed by atoms with Crippen molar-refractivity contribution in [1.82, 2.24) is 4.98 Å². The third kappa shape index (κ3) is 6.51. The van der Waals surface area contributed by atoms with E-state index >= 15 is 0 Å². The molecule has 32 heavy (non-hydrogen) atoms. The van der Waals surface area contributed by atoms with Crippen LogP contribution in [0, 0.1) is 11.5 Å². The minimum absolute atomic E-state index is 0.0227. The number of thiol groups is 1. The molecule has 6 nitrogen and oxygen atoms in total. The third-order valence-corrected chi connectivity index (χ3v) is 5.58. The Bertz CT molecular complexity index is 1120. The highest BCUT2D eigenvalue weighted by molar-refractivity contribution is 7.82. The predicted molar refractivity (Wildman–Crippen MR) is 124 cm³/mol. The van der Waals surface area contributed by atoms with Gasteiger partial charge in [-0.05, 0) is 55.8 Å². The number of rotatable bonds is 7. The van der Waals surface area contributed by atoms with Crippen LogP contribution < -0.4 is 15.0 Å². The van der Waals surface area contributed by atoms with E-state index in [1.165, 1.54) is 11.3 Å². The van der Waals surface area contributed by atoms with Crippen LogP contribution in [0.25, 0.3) is 10.2 Å². The molecule has 0 spiro atoms. The van der Waals surface area contributed by atoms with Crippen molar-refractivity contribution in [2.75, 3.05) is 23.4 Å². The summed E-state index contributed by atoms with van der Waals surface area (Å²) in [5.41, 5.74) is 2.33. The van der Waals surface area contributed by atoms with Gasteiger partial charge < -0.3 is 15.0 Å². The molecule has 0 amide bonds. The molecule has 0 fully saturated rings. The average molecular weight is 480 g/mol. The maximum Gasteiger partial charge on any atom is 0.389 e. The number of anilines is 2. The van der Waals surface area contributed by atoms with Crippen LogP contribution in [0.2, 0.25) is 0 Å². The fourth-order valence-electron chi connectivity index (χ4n) is 2.95. The van der Waals surface area contributed by atoms with Crippen LogP contribution >= 0.6 is 24.0 Å². The van der Waals surface area contributed by atoms with Crippen LogP contribution in [-0.2, 0) is 0 Å². The van der Waals surface area contributed by atoms with Crippen molar-refractivity contribution >= 4 is 51.5 Å². The highest BCUT2D eigenvalue weighted by atomic mass is 32.2. The maximum absolute atomic E-state index is 12.2. The van der Waals surface area contributed by atoms with Crippen molar-refractivity contribution in [2.24, 2.45) is 4.99 Å². The van der Waals surface area contributed by atoms with Crippen LogP contribution in [-0.4, -0.2) is 30.3 Å². The fraction of sp³-hybridized carbons (Fsp3) is 0.286. The second-order valence-electron chi connectivity index (χ2n) is 6.64. The fourth-order valence-corrected chi connectivity index (χ4v) is 4.09. The molecule has 0 radical (unpaired) electrons. The topological polar surface area (TPSA) is 73.5 Å². The molecule has 0 atom stereocenters. The predicted octanol–water partition coefficient (Wildman–Crippen LogP) is 6.08. The molecule has 0 saturated heterocycles. The van der Waals surface area contributed by atoms with E-state index in [2.05, 4.69) is 27.9 Å². The Balaban J connectivity index is 1.69. The molecule has 0 aliphatic carbocycles. The van der Waals surface area contributed by atoms with E-state index in [9.17, 15) is 18.4 Å². The third-order valence-electron chi connectivity index (χ3n) is 4.38. The van der Waals surface area contributed by atoms with Crippen LogP contribution in [0.1, 0.15) is 19.8 Å². The van der Waals surface area contributed by atoms with Crippen molar-refractivity contribution in [2.45, 2.75) is 30.3 Å². The maximum atomic E-state index is 12.2. The first kappa shape index (κ1) is 23.7. The van der Waals surface area contributed by atoms with E-state index in [0.717, 1.165) is 15.9 Å². The van der Waals surface area contributed by atoms with E-state index in [0.29, 0.717) is 28.3 Å². The summed E-state index contributed by atoms with van der Waals surface area (Å²) in [5.74, 6) is 0.797. The van der Waals surface area contributed by atoms with Crippen LogP contribution in [0.4, 0.5) is 24.5 Å². The molecule has 1 N–H and O–H groups in total. The summed E-state index contributed by atoms with van der Waals surface area (Å²) >= 11 is 5.75. The second kappa shape index (κ2) is 10.6. The van der Waals surface area contributed by atoms with E-state index in [1.54, 1.807) is 24.3 Å². The SMILES string of the molecule is CCN(C(=NC#N)Nc1ccc(OCCCC(F)(F)F)cc1)c1ccc2nc(S)sc2c1. The number of fused-ring (bicyclic) bond motifs is 1. The molecule has 0 bridgehead atoms. The molecule has 3 aromatic rings. The van der Waals surface area contributed by atoms with Gasteiger partial charge in [-0.3, -0.25) is 0 Å². The summed E-state index contributed by atoms with van der Waals surface area (Å²) in [4.78, 5) is 10.1. The summed E-state index contributed by atoms with van der Waals surface area (Å²) in [5, 5.41) is 12.3. The lowest BCUT2D eigenvalue weighted by Crippen LogP contribution is -2.36. The molecular weight excluding hydrogens is 459 g/mol. The average Bonchev–Trinajstić information content (AvgIpc) is 3.12. The van der Waals surface area contributed by atoms with Gasteiger partial charge in [0.25, 0.3) is 0 Å². The molecule has 0 aliphatic rings. The van der Waals surface area contributed by atoms with Crippen molar-refractivity contribution in [3.63, 3.8) is 0 Å². The van der Waals surface area contributed by atoms with E-state index in [1.807, 2.05) is 36.2 Å². The van der Waals surface area contributed by atoms with E-state index in [-0.39, 0.29) is 13.0 Å². The number of alkyl halides is 3. The second-order valence-corrected chi connectivity index (χ2v) is 8.40. The number of ether oxygens (including phenoxy) is 1. The number of halogens is 3. The lowest BCUT2D eigenvalue weighted by Gasteiger charge is -2.24. The van der Waals surface area contributed by atoms with Crippen LogP contribution in [0.3, 0.4) is 0 Å². The number of thiazole rings is 1. The normalized spacial score (nSPS) is 11.9. The number of guanidine groups is 1. The summed E-state index contributed by atoms with van der Waals surface area (Å²) in [7, 11) is 0. The quantitative estimate of drug-likeness (QED) is 0.141. The first-order chi connectivity index (χ1) is 15.3. The molecule has 0 aliphatic heterocycles. The first-order valence-electron chi connectivity index (χ1n) is 9.69. The number of nitrogens with zero attached hydrogens (tertiary/aromatic N) is 4. The number of nitrogens with one attached hydrogen (secondary N) is 1. The molecular formula is C21H20F3N5OS2. The van der Waals surface area contributed by atoms with Gasteiger partial charge in [-0.2, -0.15) is 18.4 Å². The molecule has 1 aromatic heterocycles. The summed E-state index contributed by atoms with van der Waals surface area (Å²) in [6, 6.07) is 12.5. The Labute approximate surface area is 192 Å². The van der Waals surface area contributed by atoms with E-state index in [4.69, 9.17) is 4.74 Å². The molecule has 1 heterocycles. The Hall–Kier alpha value is -2.97. The van der Waals surface area contributed by atoms with Gasteiger partial charge in [0.15, 0.2) is 0 Å². The highest BCUT2D eigenvalue weighted by Crippen LogP contribution is 2.29. The van der Waals surface area contributed by atoms with Crippen molar-refractivity contribution in [3.05, 3.63) is 42.5 Å². The summed E-state index contributed by atoms with van der Waals surface area (Å²) in [6.07, 6.45) is -3.35. The first-order valence-corrected chi connectivity index (χ1v) is 11.0. The van der Waals surface area contributed by atoms with Gasteiger partial charge in [-0.15, -0.1) is 29.0 Å². The van der Waals surface area contributed by atoms with Crippen LogP contribution in [0.5, 0.6) is 5.75 Å². The largest absolute Gasteiger partial charge is 0.494 e. The summed E-state index contributed by atoms with van der Waals surface area (Å²) in [6.45, 7) is 2.46. The van der Waals surface area contributed by atoms with Gasteiger partial charge in [0.05, 0.1) is 16.8 Å². The molecule has 0 saturated carbocycles. The van der Waals surface area contributed by atoms with Gasteiger partial charge in [0, 0.05) is 24.3 Å². The summed E-state index contributed by atoms with van der Waals surface area (Å²) < 4.78 is 43.6. The molecule has 3 rings (SSSR count). The highest BCUT2D eigenvalue weighted by Gasteiger charge is 2.26.